The average Bonchev–Trinajstić information content (AvgIpc) is 2.62. The molecule has 0 aliphatic carbocycles. The van der Waals surface area contributed by atoms with E-state index in [2.05, 4.69) is 0 Å². The number of benzene rings is 3. The summed E-state index contributed by atoms with van der Waals surface area (Å²) < 4.78 is 5.30. The van der Waals surface area contributed by atoms with E-state index in [1.807, 2.05) is 36.4 Å². The highest BCUT2D eigenvalue weighted by Crippen LogP contribution is 2.22. The number of ether oxygens (including phenoxy) is 1. The van der Waals surface area contributed by atoms with E-state index in [1.54, 1.807) is 36.4 Å². The first-order chi connectivity index (χ1) is 11.6. The van der Waals surface area contributed by atoms with Crippen molar-refractivity contribution in [1.82, 2.24) is 0 Å². The molecule has 0 atom stereocenters. The molecule has 0 saturated carbocycles. The van der Waals surface area contributed by atoms with Crippen LogP contribution in [0.2, 0.25) is 5.02 Å². The average molecular weight is 339 g/mol. The number of aromatic hydroxyl groups is 1. The Morgan fingerprint density at radius 3 is 1.96 bits per heavy atom. The molecule has 0 aliphatic rings. The van der Waals surface area contributed by atoms with Gasteiger partial charge in [-0.05, 0) is 53.1 Å². The zero-order chi connectivity index (χ0) is 16.9. The number of carbonyl (C=O) groups is 1. The van der Waals surface area contributed by atoms with Crippen LogP contribution < -0.4 is 0 Å². The second-order valence-corrected chi connectivity index (χ2v) is 5.76. The lowest BCUT2D eigenvalue weighted by Gasteiger charge is -2.07. The molecular formula is C20H15ClO3. The predicted octanol–water partition coefficient (Wildman–Crippen LogP) is 5.07. The van der Waals surface area contributed by atoms with Crippen LogP contribution in [0.5, 0.6) is 5.75 Å². The molecule has 4 heteroatoms. The van der Waals surface area contributed by atoms with Crippen LogP contribution in [-0.2, 0) is 11.3 Å². The highest BCUT2D eigenvalue weighted by molar-refractivity contribution is 6.30. The van der Waals surface area contributed by atoms with Crippen molar-refractivity contribution in [3.63, 3.8) is 0 Å². The Hall–Kier alpha value is -2.78. The van der Waals surface area contributed by atoms with Crippen LogP contribution in [-0.4, -0.2) is 11.1 Å². The molecule has 3 aromatic rings. The maximum Gasteiger partial charge on any atom is 0.338 e. The molecule has 0 radical (unpaired) electrons. The van der Waals surface area contributed by atoms with Gasteiger partial charge in [-0.15, -0.1) is 0 Å². The van der Waals surface area contributed by atoms with Gasteiger partial charge in [0.05, 0.1) is 5.56 Å². The summed E-state index contributed by atoms with van der Waals surface area (Å²) in [5, 5.41) is 9.97. The maximum atomic E-state index is 12.1. The Morgan fingerprint density at radius 2 is 1.38 bits per heavy atom. The molecule has 0 saturated heterocycles. The van der Waals surface area contributed by atoms with Gasteiger partial charge in [0.1, 0.15) is 12.4 Å². The molecule has 0 fully saturated rings. The largest absolute Gasteiger partial charge is 0.508 e. The Morgan fingerprint density at radius 1 is 0.833 bits per heavy atom. The summed E-state index contributed by atoms with van der Waals surface area (Å²) in [6.07, 6.45) is 0. The zero-order valence-electron chi connectivity index (χ0n) is 12.8. The minimum Gasteiger partial charge on any atom is -0.508 e. The number of hydrogen-bond acceptors (Lipinski definition) is 3. The highest BCUT2D eigenvalue weighted by Gasteiger charge is 2.08. The van der Waals surface area contributed by atoms with E-state index in [1.165, 1.54) is 0 Å². The van der Waals surface area contributed by atoms with Gasteiger partial charge < -0.3 is 9.84 Å². The molecule has 0 aromatic heterocycles. The van der Waals surface area contributed by atoms with Gasteiger partial charge in [0.15, 0.2) is 0 Å². The molecule has 24 heavy (non-hydrogen) atoms. The lowest BCUT2D eigenvalue weighted by atomic mass is 10.0. The van der Waals surface area contributed by atoms with Crippen molar-refractivity contribution in [2.24, 2.45) is 0 Å². The van der Waals surface area contributed by atoms with Crippen LogP contribution in [0.4, 0.5) is 0 Å². The SMILES string of the molecule is O=C(OCc1ccc(Cl)cc1)c1ccc(-c2ccc(O)cc2)cc1. The van der Waals surface area contributed by atoms with Crippen LogP contribution in [0, 0.1) is 0 Å². The Balaban J connectivity index is 1.65. The molecule has 0 unspecified atom stereocenters. The zero-order valence-corrected chi connectivity index (χ0v) is 13.5. The molecule has 120 valence electrons. The fourth-order valence-electron chi connectivity index (χ4n) is 2.27. The minimum atomic E-state index is -0.373. The summed E-state index contributed by atoms with van der Waals surface area (Å²) >= 11 is 5.82. The number of halogens is 1. The van der Waals surface area contributed by atoms with E-state index < -0.39 is 0 Å². The lowest BCUT2D eigenvalue weighted by Crippen LogP contribution is -2.05. The topological polar surface area (TPSA) is 46.5 Å². The van der Waals surface area contributed by atoms with Gasteiger partial charge in [-0.25, -0.2) is 4.79 Å². The second-order valence-electron chi connectivity index (χ2n) is 5.33. The van der Waals surface area contributed by atoms with Crippen molar-refractivity contribution >= 4 is 17.6 Å². The van der Waals surface area contributed by atoms with Crippen LogP contribution in [0.15, 0.2) is 72.8 Å². The summed E-state index contributed by atoms with van der Waals surface area (Å²) in [6, 6.07) is 21.2. The third-order valence-electron chi connectivity index (χ3n) is 3.60. The summed E-state index contributed by atoms with van der Waals surface area (Å²) in [7, 11) is 0. The first-order valence-electron chi connectivity index (χ1n) is 7.43. The number of phenolic OH excluding ortho intramolecular Hbond substituents is 1. The number of phenols is 1. The fourth-order valence-corrected chi connectivity index (χ4v) is 2.39. The van der Waals surface area contributed by atoms with Gasteiger partial charge >= 0.3 is 5.97 Å². The predicted molar refractivity (Wildman–Crippen MR) is 94.1 cm³/mol. The number of hydrogen-bond donors (Lipinski definition) is 1. The number of rotatable bonds is 4. The number of esters is 1. The van der Waals surface area contributed by atoms with Gasteiger partial charge in [0.25, 0.3) is 0 Å². The van der Waals surface area contributed by atoms with Crippen LogP contribution in [0.1, 0.15) is 15.9 Å². The highest BCUT2D eigenvalue weighted by atomic mass is 35.5. The smallest absolute Gasteiger partial charge is 0.338 e. The molecule has 0 bridgehead atoms. The fraction of sp³-hybridized carbons (Fsp3) is 0.0500. The van der Waals surface area contributed by atoms with Crippen molar-refractivity contribution < 1.29 is 14.6 Å². The van der Waals surface area contributed by atoms with E-state index in [9.17, 15) is 9.90 Å². The first kappa shape index (κ1) is 16.1. The molecule has 0 aliphatic heterocycles. The molecular weight excluding hydrogens is 324 g/mol. The summed E-state index contributed by atoms with van der Waals surface area (Å²) in [6.45, 7) is 0.204. The third-order valence-corrected chi connectivity index (χ3v) is 3.86. The van der Waals surface area contributed by atoms with Crippen LogP contribution >= 0.6 is 11.6 Å². The third kappa shape index (κ3) is 3.94. The first-order valence-corrected chi connectivity index (χ1v) is 7.81. The van der Waals surface area contributed by atoms with Gasteiger partial charge in [-0.3, -0.25) is 0 Å². The lowest BCUT2D eigenvalue weighted by molar-refractivity contribution is 0.0473. The van der Waals surface area contributed by atoms with Gasteiger partial charge in [0.2, 0.25) is 0 Å². The van der Waals surface area contributed by atoms with Crippen LogP contribution in [0.3, 0.4) is 0 Å². The van der Waals surface area contributed by atoms with E-state index in [-0.39, 0.29) is 18.3 Å². The molecule has 0 amide bonds. The van der Waals surface area contributed by atoms with Crippen molar-refractivity contribution in [2.75, 3.05) is 0 Å². The van der Waals surface area contributed by atoms with Crippen LogP contribution in [0.25, 0.3) is 11.1 Å². The Labute approximate surface area is 145 Å². The molecule has 3 nitrogen and oxygen atoms in total. The van der Waals surface area contributed by atoms with Gasteiger partial charge in [-0.1, -0.05) is 48.0 Å². The monoisotopic (exact) mass is 338 g/mol. The van der Waals surface area contributed by atoms with Gasteiger partial charge in [0, 0.05) is 5.02 Å². The van der Waals surface area contributed by atoms with E-state index >= 15 is 0 Å². The molecule has 0 spiro atoms. The summed E-state index contributed by atoms with van der Waals surface area (Å²) in [5.74, 6) is -0.150. The minimum absolute atomic E-state index is 0.204. The van der Waals surface area contributed by atoms with E-state index in [4.69, 9.17) is 16.3 Å². The second kappa shape index (κ2) is 7.20. The van der Waals surface area contributed by atoms with Crippen molar-refractivity contribution in [3.05, 3.63) is 88.9 Å². The molecule has 3 rings (SSSR count). The maximum absolute atomic E-state index is 12.1. The molecule has 0 heterocycles. The van der Waals surface area contributed by atoms with E-state index in [0.717, 1.165) is 16.7 Å². The standard InChI is InChI=1S/C20H15ClO3/c21-18-9-1-14(2-10-18)13-24-20(23)17-5-3-15(4-6-17)16-7-11-19(22)12-8-16/h1-12,22H,13H2. The quantitative estimate of drug-likeness (QED) is 0.675. The van der Waals surface area contributed by atoms with Crippen molar-refractivity contribution in [2.45, 2.75) is 6.61 Å². The normalized spacial score (nSPS) is 10.4. The molecule has 1 N–H and O–H groups in total. The Bertz CT molecular complexity index is 822. The summed E-state index contributed by atoms with van der Waals surface area (Å²) in [5.41, 5.74) is 3.30. The van der Waals surface area contributed by atoms with Crippen molar-refractivity contribution in [3.8, 4) is 16.9 Å². The summed E-state index contributed by atoms with van der Waals surface area (Å²) in [4.78, 5) is 12.1. The molecule has 3 aromatic carbocycles. The van der Waals surface area contributed by atoms with Crippen molar-refractivity contribution in [1.29, 1.82) is 0 Å². The van der Waals surface area contributed by atoms with Gasteiger partial charge in [-0.2, -0.15) is 0 Å². The van der Waals surface area contributed by atoms with E-state index in [0.29, 0.717) is 10.6 Å². The number of carbonyl (C=O) groups excluding carboxylic acids is 1. The Kier molecular flexibility index (Phi) is 4.82.